The lowest BCUT2D eigenvalue weighted by Crippen LogP contribution is -2.51. The minimum Gasteiger partial charge on any atom is -0.465 e. The van der Waals surface area contributed by atoms with Gasteiger partial charge in [0, 0.05) is 30.2 Å². The van der Waals surface area contributed by atoms with Crippen LogP contribution in [-0.2, 0) is 14.9 Å². The highest BCUT2D eigenvalue weighted by Crippen LogP contribution is 2.36. The van der Waals surface area contributed by atoms with Gasteiger partial charge in [-0.1, -0.05) is 34.1 Å². The summed E-state index contributed by atoms with van der Waals surface area (Å²) in [5.74, 6) is -0.308. The number of ether oxygens (including phenoxy) is 1. The van der Waals surface area contributed by atoms with E-state index in [4.69, 9.17) is 4.74 Å². The third-order valence-corrected chi connectivity index (χ3v) is 8.39. The molecule has 0 spiro atoms. The molecule has 4 atom stereocenters. The molecule has 1 aromatic rings. The first-order valence-corrected chi connectivity index (χ1v) is 13.9. The highest BCUT2D eigenvalue weighted by molar-refractivity contribution is 6.00. The van der Waals surface area contributed by atoms with Gasteiger partial charge in [0.15, 0.2) is 0 Å². The summed E-state index contributed by atoms with van der Waals surface area (Å²) in [5.41, 5.74) is 1.33. The van der Waals surface area contributed by atoms with Crippen molar-refractivity contribution in [3.8, 4) is 0 Å². The van der Waals surface area contributed by atoms with Crippen molar-refractivity contribution in [3.05, 3.63) is 34.9 Å². The Balaban J connectivity index is 1.74. The van der Waals surface area contributed by atoms with Gasteiger partial charge in [0.05, 0.1) is 12.7 Å². The molecule has 7 nitrogen and oxygen atoms in total. The predicted molar refractivity (Wildman–Crippen MR) is 147 cm³/mol. The topological polar surface area (TPSA) is 78.9 Å². The summed E-state index contributed by atoms with van der Waals surface area (Å²) in [4.78, 5) is 43.6. The molecule has 37 heavy (non-hydrogen) atoms. The number of methoxy groups -OCH3 is 1. The van der Waals surface area contributed by atoms with Crippen molar-refractivity contribution in [2.75, 3.05) is 20.7 Å². The van der Waals surface area contributed by atoms with E-state index in [9.17, 15) is 14.4 Å². The number of nitrogens with one attached hydrogen (secondary N) is 1. The minimum atomic E-state index is -0.536. The highest BCUT2D eigenvalue weighted by atomic mass is 16.5. The molecule has 2 aliphatic rings. The second-order valence-corrected chi connectivity index (χ2v) is 12.2. The summed E-state index contributed by atoms with van der Waals surface area (Å²) in [6, 6.07) is 5.90. The first-order chi connectivity index (χ1) is 17.4. The summed E-state index contributed by atoms with van der Waals surface area (Å²) < 4.78 is 4.90. The number of carbonyl (C=O) groups is 3. The maximum absolute atomic E-state index is 13.5. The number of carbonyl (C=O) groups excluding carboxylic acids is 3. The summed E-state index contributed by atoms with van der Waals surface area (Å²) in [5, 5.41) is 2.98. The number of benzene rings is 1. The zero-order valence-corrected chi connectivity index (χ0v) is 24.1. The van der Waals surface area contributed by atoms with Gasteiger partial charge in [0.25, 0.3) is 5.91 Å². The van der Waals surface area contributed by atoms with Crippen LogP contribution in [0.25, 0.3) is 0 Å². The number of amides is 2. The van der Waals surface area contributed by atoms with Crippen LogP contribution in [0.5, 0.6) is 0 Å². The van der Waals surface area contributed by atoms with E-state index in [2.05, 4.69) is 38.0 Å². The lowest BCUT2D eigenvalue weighted by atomic mass is 9.77. The lowest BCUT2D eigenvalue weighted by Gasteiger charge is -2.44. The Labute approximate surface area is 223 Å². The molecule has 7 heteroatoms. The van der Waals surface area contributed by atoms with Crippen LogP contribution in [0, 0.1) is 5.92 Å². The van der Waals surface area contributed by atoms with E-state index in [1.165, 1.54) is 7.11 Å². The van der Waals surface area contributed by atoms with Gasteiger partial charge in [0.2, 0.25) is 5.91 Å². The molecule has 1 N–H and O–H groups in total. The number of nitrogens with zero attached hydrogens (tertiary/aromatic N) is 2. The molecule has 2 amide bonds. The average Bonchev–Trinajstić information content (AvgIpc) is 3.21. The number of hydrogen-bond acceptors (Lipinski definition) is 5. The molecule has 0 unspecified atom stereocenters. The molecule has 1 saturated carbocycles. The van der Waals surface area contributed by atoms with Gasteiger partial charge in [-0.3, -0.25) is 9.59 Å². The zero-order chi connectivity index (χ0) is 27.5. The fraction of sp³-hybridized carbons (Fsp3) is 0.700. The lowest BCUT2D eigenvalue weighted by molar-refractivity contribution is -0.133. The molecule has 1 aliphatic heterocycles. The van der Waals surface area contributed by atoms with Crippen LogP contribution in [-0.4, -0.2) is 72.5 Å². The molecule has 3 rings (SSSR count). The molecule has 2 fully saturated rings. The molecule has 1 aliphatic carbocycles. The van der Waals surface area contributed by atoms with Gasteiger partial charge in [-0.2, -0.15) is 0 Å². The second kappa shape index (κ2) is 12.0. The monoisotopic (exact) mass is 513 g/mol. The average molecular weight is 514 g/mol. The van der Waals surface area contributed by atoms with Crippen molar-refractivity contribution in [1.82, 2.24) is 15.1 Å². The maximum atomic E-state index is 13.5. The van der Waals surface area contributed by atoms with Gasteiger partial charge >= 0.3 is 5.97 Å². The maximum Gasteiger partial charge on any atom is 0.337 e. The SMILES string of the molecule is CCC[C@@H]1C[C@H](N(C)C(C)C)CC[C@@H]1N1CC[C@H](NC(=O)c2cc(C(=O)OC)cc(C(C)(C)C)c2)C1=O. The third-order valence-electron chi connectivity index (χ3n) is 8.39. The summed E-state index contributed by atoms with van der Waals surface area (Å²) in [7, 11) is 3.54. The molecular weight excluding hydrogens is 466 g/mol. The van der Waals surface area contributed by atoms with E-state index in [-0.39, 0.29) is 23.3 Å². The van der Waals surface area contributed by atoms with Crippen LogP contribution in [0.1, 0.15) is 106 Å². The van der Waals surface area contributed by atoms with Crippen molar-refractivity contribution in [2.45, 2.75) is 110 Å². The van der Waals surface area contributed by atoms with Crippen LogP contribution in [0.15, 0.2) is 18.2 Å². The fourth-order valence-electron chi connectivity index (χ4n) is 5.94. The number of likely N-dealkylation sites (tertiary alicyclic amines) is 1. The number of hydrogen-bond donors (Lipinski definition) is 1. The van der Waals surface area contributed by atoms with Crippen molar-refractivity contribution in [3.63, 3.8) is 0 Å². The molecule has 1 saturated heterocycles. The first-order valence-electron chi connectivity index (χ1n) is 13.9. The third kappa shape index (κ3) is 6.73. The number of esters is 1. The normalized spacial score (nSPS) is 24.6. The molecule has 206 valence electrons. The summed E-state index contributed by atoms with van der Waals surface area (Å²) in [6.07, 6.45) is 6.05. The number of rotatable bonds is 8. The standard InChI is InChI=1S/C30H47N3O4/c1-9-10-20-18-24(32(7)19(2)3)11-12-26(20)33-14-13-25(28(33)35)31-27(34)21-15-22(29(36)37-8)17-23(16-21)30(4,5)6/h15-17,19-20,24-26H,9-14,18H2,1-8H3,(H,31,34)/t20-,24-,25+,26+/m1/s1. The van der Waals surface area contributed by atoms with Gasteiger partial charge in [-0.25, -0.2) is 4.79 Å². The van der Waals surface area contributed by atoms with Crippen LogP contribution in [0.4, 0.5) is 0 Å². The smallest absolute Gasteiger partial charge is 0.337 e. The van der Waals surface area contributed by atoms with Crippen LogP contribution in [0.3, 0.4) is 0 Å². The first kappa shape index (κ1) is 29.2. The van der Waals surface area contributed by atoms with E-state index < -0.39 is 12.0 Å². The van der Waals surface area contributed by atoms with Crippen molar-refractivity contribution < 1.29 is 19.1 Å². The quantitative estimate of drug-likeness (QED) is 0.506. The second-order valence-electron chi connectivity index (χ2n) is 12.2. The Bertz CT molecular complexity index is 984. The Morgan fingerprint density at radius 2 is 1.81 bits per heavy atom. The highest BCUT2D eigenvalue weighted by Gasteiger charge is 2.42. The largest absolute Gasteiger partial charge is 0.465 e. The predicted octanol–water partition coefficient (Wildman–Crippen LogP) is 4.78. The zero-order valence-electron chi connectivity index (χ0n) is 24.1. The minimum absolute atomic E-state index is 0.0234. The Morgan fingerprint density at radius 3 is 2.41 bits per heavy atom. The summed E-state index contributed by atoms with van der Waals surface area (Å²) in [6.45, 7) is 13.5. The van der Waals surface area contributed by atoms with Crippen LogP contribution in [0.2, 0.25) is 0 Å². The van der Waals surface area contributed by atoms with E-state index >= 15 is 0 Å². The van der Waals surface area contributed by atoms with Gasteiger partial charge in [-0.15, -0.1) is 0 Å². The molecule has 1 heterocycles. The molecule has 0 bridgehead atoms. The Morgan fingerprint density at radius 1 is 1.14 bits per heavy atom. The van der Waals surface area contributed by atoms with E-state index in [1.807, 2.05) is 31.7 Å². The van der Waals surface area contributed by atoms with Crippen LogP contribution < -0.4 is 5.32 Å². The fourth-order valence-corrected chi connectivity index (χ4v) is 5.94. The Hall–Kier alpha value is -2.41. The van der Waals surface area contributed by atoms with Gasteiger partial charge < -0.3 is 19.9 Å². The van der Waals surface area contributed by atoms with Crippen molar-refractivity contribution >= 4 is 17.8 Å². The van der Waals surface area contributed by atoms with E-state index in [0.29, 0.717) is 42.1 Å². The molecular formula is C30H47N3O4. The van der Waals surface area contributed by atoms with Gasteiger partial charge in [0.1, 0.15) is 6.04 Å². The van der Waals surface area contributed by atoms with E-state index in [0.717, 1.165) is 37.7 Å². The summed E-state index contributed by atoms with van der Waals surface area (Å²) >= 11 is 0. The van der Waals surface area contributed by atoms with E-state index in [1.54, 1.807) is 12.1 Å². The van der Waals surface area contributed by atoms with Gasteiger partial charge in [-0.05, 0) is 88.1 Å². The van der Waals surface area contributed by atoms with Crippen molar-refractivity contribution in [1.29, 1.82) is 0 Å². The Kier molecular flexibility index (Phi) is 9.43. The molecule has 0 aromatic heterocycles. The molecule has 1 aromatic carbocycles. The van der Waals surface area contributed by atoms with Crippen molar-refractivity contribution in [2.24, 2.45) is 5.92 Å². The van der Waals surface area contributed by atoms with Crippen LogP contribution >= 0.6 is 0 Å². The molecule has 0 radical (unpaired) electrons.